The van der Waals surface area contributed by atoms with Gasteiger partial charge in [-0.05, 0) is 41.3 Å². The van der Waals surface area contributed by atoms with Gasteiger partial charge in [0, 0.05) is 17.2 Å². The molecule has 0 radical (unpaired) electrons. The molecular weight excluding hydrogens is 397 g/mol. The number of aromatic nitrogens is 1. The largest absolute Gasteiger partial charge is 0.465 e. The maximum absolute atomic E-state index is 14.3. The van der Waals surface area contributed by atoms with E-state index in [4.69, 9.17) is 4.52 Å². The molecule has 6 heteroatoms. The SMILES string of the molecule is COC(=O)c1ccc(-c2cc(-c3ccc(-c4ccccc4)c(C)c3CO)on2)cc1F. The van der Waals surface area contributed by atoms with Crippen molar-refractivity contribution in [3.8, 4) is 33.7 Å². The van der Waals surface area contributed by atoms with Gasteiger partial charge in [0.15, 0.2) is 5.76 Å². The first-order valence-electron chi connectivity index (χ1n) is 9.67. The van der Waals surface area contributed by atoms with E-state index >= 15 is 0 Å². The molecule has 0 aliphatic carbocycles. The number of halogens is 1. The molecule has 5 nitrogen and oxygen atoms in total. The van der Waals surface area contributed by atoms with Crippen LogP contribution in [0.25, 0.3) is 33.7 Å². The minimum absolute atomic E-state index is 0.148. The maximum Gasteiger partial charge on any atom is 0.340 e. The first-order valence-corrected chi connectivity index (χ1v) is 9.67. The molecule has 31 heavy (non-hydrogen) atoms. The summed E-state index contributed by atoms with van der Waals surface area (Å²) in [6.45, 7) is 1.79. The second kappa shape index (κ2) is 8.53. The van der Waals surface area contributed by atoms with Crippen LogP contribution in [0.2, 0.25) is 0 Å². The van der Waals surface area contributed by atoms with Crippen LogP contribution in [0.4, 0.5) is 4.39 Å². The zero-order valence-electron chi connectivity index (χ0n) is 17.1. The Kier molecular flexibility index (Phi) is 5.64. The summed E-state index contributed by atoms with van der Waals surface area (Å²) >= 11 is 0. The van der Waals surface area contributed by atoms with Crippen LogP contribution in [0.15, 0.2) is 71.3 Å². The monoisotopic (exact) mass is 417 g/mol. The molecule has 4 aromatic rings. The van der Waals surface area contributed by atoms with Crippen LogP contribution in [0.1, 0.15) is 21.5 Å². The molecule has 0 aliphatic heterocycles. The third-order valence-electron chi connectivity index (χ3n) is 5.29. The fourth-order valence-electron chi connectivity index (χ4n) is 3.61. The summed E-state index contributed by atoms with van der Waals surface area (Å²) in [5, 5.41) is 14.1. The average Bonchev–Trinajstić information content (AvgIpc) is 3.29. The number of nitrogens with zero attached hydrogens (tertiary/aromatic N) is 1. The van der Waals surface area contributed by atoms with Crippen LogP contribution >= 0.6 is 0 Å². The summed E-state index contributed by atoms with van der Waals surface area (Å²) < 4.78 is 24.4. The number of aliphatic hydroxyl groups excluding tert-OH is 1. The Hall–Kier alpha value is -3.77. The molecule has 0 amide bonds. The van der Waals surface area contributed by atoms with Gasteiger partial charge in [0.25, 0.3) is 0 Å². The van der Waals surface area contributed by atoms with E-state index in [1.165, 1.54) is 19.2 Å². The highest BCUT2D eigenvalue weighted by atomic mass is 19.1. The Morgan fingerprint density at radius 1 is 1.03 bits per heavy atom. The molecule has 1 aromatic heterocycles. The summed E-state index contributed by atoms with van der Waals surface area (Å²) in [6, 6.07) is 19.6. The number of esters is 1. The molecule has 0 atom stereocenters. The van der Waals surface area contributed by atoms with Gasteiger partial charge in [-0.25, -0.2) is 9.18 Å². The highest BCUT2D eigenvalue weighted by Crippen LogP contribution is 2.35. The Balaban J connectivity index is 1.72. The number of rotatable bonds is 5. The first kappa shape index (κ1) is 20.5. The van der Waals surface area contributed by atoms with Crippen LogP contribution in [0.3, 0.4) is 0 Å². The third kappa shape index (κ3) is 3.85. The Morgan fingerprint density at radius 3 is 2.45 bits per heavy atom. The average molecular weight is 417 g/mol. The van der Waals surface area contributed by atoms with Crippen molar-refractivity contribution in [1.82, 2.24) is 5.16 Å². The van der Waals surface area contributed by atoms with Crippen molar-refractivity contribution in [1.29, 1.82) is 0 Å². The summed E-state index contributed by atoms with van der Waals surface area (Å²) in [6.07, 6.45) is 0. The van der Waals surface area contributed by atoms with Crippen LogP contribution in [0, 0.1) is 12.7 Å². The molecule has 0 spiro atoms. The van der Waals surface area contributed by atoms with E-state index in [2.05, 4.69) is 9.89 Å². The topological polar surface area (TPSA) is 72.6 Å². The number of hydrogen-bond donors (Lipinski definition) is 1. The number of carbonyl (C=O) groups is 1. The van der Waals surface area contributed by atoms with Crippen molar-refractivity contribution in [3.63, 3.8) is 0 Å². The lowest BCUT2D eigenvalue weighted by molar-refractivity contribution is 0.0595. The number of aliphatic hydroxyl groups is 1. The lowest BCUT2D eigenvalue weighted by atomic mass is 9.92. The highest BCUT2D eigenvalue weighted by molar-refractivity contribution is 5.90. The van der Waals surface area contributed by atoms with Crippen LogP contribution < -0.4 is 0 Å². The third-order valence-corrected chi connectivity index (χ3v) is 5.29. The fraction of sp³-hybridized carbons (Fsp3) is 0.120. The molecule has 0 aliphatic rings. The van der Waals surface area contributed by atoms with Gasteiger partial charge in [-0.15, -0.1) is 0 Å². The van der Waals surface area contributed by atoms with Crippen molar-refractivity contribution in [2.75, 3.05) is 7.11 Å². The van der Waals surface area contributed by atoms with E-state index in [-0.39, 0.29) is 12.2 Å². The predicted molar refractivity (Wildman–Crippen MR) is 115 cm³/mol. The maximum atomic E-state index is 14.3. The molecule has 3 aromatic carbocycles. The minimum Gasteiger partial charge on any atom is -0.465 e. The van der Waals surface area contributed by atoms with Crippen molar-refractivity contribution >= 4 is 5.97 Å². The lowest BCUT2D eigenvalue weighted by Crippen LogP contribution is -2.04. The summed E-state index contributed by atoms with van der Waals surface area (Å²) in [7, 11) is 1.20. The van der Waals surface area contributed by atoms with Crippen molar-refractivity contribution < 1.29 is 23.6 Å². The number of benzene rings is 3. The van der Waals surface area contributed by atoms with E-state index in [0.717, 1.165) is 22.3 Å². The number of methoxy groups -OCH3 is 1. The normalized spacial score (nSPS) is 10.8. The molecule has 156 valence electrons. The summed E-state index contributed by atoms with van der Waals surface area (Å²) in [5.41, 5.74) is 5.19. The molecule has 0 saturated carbocycles. The highest BCUT2D eigenvalue weighted by Gasteiger charge is 2.18. The molecule has 1 heterocycles. The molecule has 0 fully saturated rings. The van der Waals surface area contributed by atoms with Crippen LogP contribution in [-0.2, 0) is 11.3 Å². The predicted octanol–water partition coefficient (Wildman–Crippen LogP) is 5.40. The Morgan fingerprint density at radius 2 is 1.77 bits per heavy atom. The van der Waals surface area contributed by atoms with Gasteiger partial charge < -0.3 is 14.4 Å². The van der Waals surface area contributed by atoms with Gasteiger partial charge in [-0.2, -0.15) is 0 Å². The van der Waals surface area contributed by atoms with E-state index in [1.807, 2.05) is 49.4 Å². The number of hydrogen-bond acceptors (Lipinski definition) is 5. The van der Waals surface area contributed by atoms with Gasteiger partial charge in [0.1, 0.15) is 11.5 Å². The van der Waals surface area contributed by atoms with E-state index in [9.17, 15) is 14.3 Å². The van der Waals surface area contributed by atoms with Crippen molar-refractivity contribution in [2.45, 2.75) is 13.5 Å². The van der Waals surface area contributed by atoms with Crippen LogP contribution in [0.5, 0.6) is 0 Å². The summed E-state index contributed by atoms with van der Waals surface area (Å²) in [4.78, 5) is 11.6. The molecule has 0 saturated heterocycles. The molecule has 0 bridgehead atoms. The number of ether oxygens (including phenoxy) is 1. The standard InChI is InChI=1S/C25H20FNO4/c1-15-18(16-6-4-3-5-7-16)10-11-19(21(15)14-28)24-13-23(27-31-24)17-8-9-20(22(26)12-17)25(29)30-2/h3-13,28H,14H2,1-2H3. The second-order valence-corrected chi connectivity index (χ2v) is 7.05. The van der Waals surface area contributed by atoms with Gasteiger partial charge >= 0.3 is 5.97 Å². The molecule has 1 N–H and O–H groups in total. The lowest BCUT2D eigenvalue weighted by Gasteiger charge is -2.13. The van der Waals surface area contributed by atoms with E-state index < -0.39 is 11.8 Å². The molecular formula is C25H20FNO4. The Labute approximate surface area is 178 Å². The summed E-state index contributed by atoms with van der Waals surface area (Å²) in [5.74, 6) is -0.987. The zero-order chi connectivity index (χ0) is 22.0. The van der Waals surface area contributed by atoms with E-state index in [1.54, 1.807) is 12.1 Å². The van der Waals surface area contributed by atoms with Gasteiger partial charge in [0.05, 0.1) is 19.3 Å². The Bertz CT molecular complexity index is 1250. The van der Waals surface area contributed by atoms with Crippen molar-refractivity contribution in [3.05, 3.63) is 89.2 Å². The fourth-order valence-corrected chi connectivity index (χ4v) is 3.61. The van der Waals surface area contributed by atoms with Gasteiger partial charge in [-0.3, -0.25) is 0 Å². The molecule has 4 rings (SSSR count). The van der Waals surface area contributed by atoms with Crippen molar-refractivity contribution in [2.24, 2.45) is 0 Å². The van der Waals surface area contributed by atoms with Crippen LogP contribution in [-0.4, -0.2) is 23.3 Å². The quantitative estimate of drug-likeness (QED) is 0.440. The van der Waals surface area contributed by atoms with E-state index in [0.29, 0.717) is 22.6 Å². The molecule has 0 unspecified atom stereocenters. The first-order chi connectivity index (χ1) is 15.0. The number of carbonyl (C=O) groups excluding carboxylic acids is 1. The van der Waals surface area contributed by atoms with Gasteiger partial charge in [-0.1, -0.05) is 53.7 Å². The minimum atomic E-state index is -0.744. The van der Waals surface area contributed by atoms with Gasteiger partial charge in [0.2, 0.25) is 0 Å². The zero-order valence-corrected chi connectivity index (χ0v) is 17.1. The smallest absolute Gasteiger partial charge is 0.340 e. The second-order valence-electron chi connectivity index (χ2n) is 7.05.